The van der Waals surface area contributed by atoms with Gasteiger partial charge >= 0.3 is 0 Å². The number of nitrogens with zero attached hydrogens (tertiary/aromatic N) is 8. The molecular weight excluding hydrogens is 376 g/mol. The summed E-state index contributed by atoms with van der Waals surface area (Å²) >= 11 is 0. The van der Waals surface area contributed by atoms with E-state index in [0.717, 1.165) is 46.7 Å². The highest BCUT2D eigenvalue weighted by atomic mass is 15.4. The van der Waals surface area contributed by atoms with Crippen molar-refractivity contribution in [2.75, 3.05) is 23.9 Å². The number of anilines is 2. The van der Waals surface area contributed by atoms with Gasteiger partial charge < -0.3 is 9.80 Å². The van der Waals surface area contributed by atoms with Crippen molar-refractivity contribution < 1.29 is 0 Å². The number of hydrogen-bond donors (Lipinski definition) is 0. The molecule has 2 aliphatic rings. The van der Waals surface area contributed by atoms with Crippen LogP contribution in [0.3, 0.4) is 0 Å². The monoisotopic (exact) mass is 404 g/mol. The summed E-state index contributed by atoms with van der Waals surface area (Å²) in [4.78, 5) is 19.0. The molecule has 0 radical (unpaired) electrons. The normalized spacial score (nSPS) is 18.4. The van der Waals surface area contributed by atoms with Gasteiger partial charge in [0.2, 0.25) is 0 Å². The van der Waals surface area contributed by atoms with Gasteiger partial charge in [-0.25, -0.2) is 15.0 Å². The number of fused-ring (bicyclic) bond motifs is 3. The molecule has 0 spiro atoms. The smallest absolute Gasteiger partial charge is 0.162 e. The lowest BCUT2D eigenvalue weighted by Gasteiger charge is -2.41. The SMILES string of the molecule is CC[C@@H]1c2nncn2-c2c(C)nc(-c3ccnc(N(C)C)c3)nc2N1C1CCCC1. The summed E-state index contributed by atoms with van der Waals surface area (Å²) in [7, 11) is 3.98. The van der Waals surface area contributed by atoms with Crippen molar-refractivity contribution in [2.24, 2.45) is 0 Å². The summed E-state index contributed by atoms with van der Waals surface area (Å²) in [6, 6.07) is 4.69. The third-order valence-corrected chi connectivity index (χ3v) is 6.30. The third kappa shape index (κ3) is 2.93. The molecule has 0 amide bonds. The Kier molecular flexibility index (Phi) is 4.64. The van der Waals surface area contributed by atoms with Crippen LogP contribution in [0, 0.1) is 6.92 Å². The van der Waals surface area contributed by atoms with Crippen molar-refractivity contribution in [2.45, 2.75) is 58.0 Å². The van der Waals surface area contributed by atoms with Crippen molar-refractivity contribution in [3.05, 3.63) is 36.2 Å². The maximum Gasteiger partial charge on any atom is 0.162 e. The quantitative estimate of drug-likeness (QED) is 0.656. The Labute approximate surface area is 177 Å². The van der Waals surface area contributed by atoms with E-state index in [-0.39, 0.29) is 6.04 Å². The Balaban J connectivity index is 1.71. The molecule has 0 aromatic carbocycles. The number of hydrogen-bond acceptors (Lipinski definition) is 7. The number of aryl methyl sites for hydroxylation is 1. The Hall–Kier alpha value is -3.03. The molecule has 1 fully saturated rings. The maximum atomic E-state index is 5.14. The number of rotatable bonds is 4. The van der Waals surface area contributed by atoms with E-state index in [2.05, 4.69) is 38.5 Å². The van der Waals surface area contributed by atoms with Gasteiger partial charge in [0, 0.05) is 31.9 Å². The minimum absolute atomic E-state index is 0.181. The zero-order valence-corrected chi connectivity index (χ0v) is 18.1. The summed E-state index contributed by atoms with van der Waals surface area (Å²) in [6.07, 6.45) is 9.53. The van der Waals surface area contributed by atoms with Crippen molar-refractivity contribution in [3.8, 4) is 17.1 Å². The van der Waals surface area contributed by atoms with Crippen molar-refractivity contribution in [3.63, 3.8) is 0 Å². The predicted molar refractivity (Wildman–Crippen MR) is 117 cm³/mol. The number of pyridine rings is 1. The first kappa shape index (κ1) is 19.0. The van der Waals surface area contributed by atoms with Crippen LogP contribution in [0.2, 0.25) is 0 Å². The average Bonchev–Trinajstić information content (AvgIpc) is 3.44. The number of aromatic nitrogens is 6. The van der Waals surface area contributed by atoms with E-state index in [1.807, 2.05) is 37.3 Å². The summed E-state index contributed by atoms with van der Waals surface area (Å²) < 4.78 is 2.09. The molecule has 0 unspecified atom stereocenters. The summed E-state index contributed by atoms with van der Waals surface area (Å²) in [5.74, 6) is 3.64. The lowest BCUT2D eigenvalue weighted by atomic mass is 10.0. The molecule has 8 nitrogen and oxygen atoms in total. The van der Waals surface area contributed by atoms with E-state index >= 15 is 0 Å². The van der Waals surface area contributed by atoms with Crippen LogP contribution in [0.1, 0.15) is 56.6 Å². The van der Waals surface area contributed by atoms with Gasteiger partial charge in [0.15, 0.2) is 17.5 Å². The Morgan fingerprint density at radius 2 is 1.97 bits per heavy atom. The van der Waals surface area contributed by atoms with Gasteiger partial charge in [-0.3, -0.25) is 4.57 Å². The van der Waals surface area contributed by atoms with Gasteiger partial charge in [-0.1, -0.05) is 19.8 Å². The van der Waals surface area contributed by atoms with E-state index in [0.29, 0.717) is 6.04 Å². The molecule has 1 saturated carbocycles. The topological polar surface area (TPSA) is 75.9 Å². The van der Waals surface area contributed by atoms with Gasteiger partial charge in [-0.15, -0.1) is 10.2 Å². The lowest BCUT2D eigenvalue weighted by molar-refractivity contribution is 0.468. The van der Waals surface area contributed by atoms with E-state index in [1.54, 1.807) is 6.33 Å². The van der Waals surface area contributed by atoms with Crippen LogP contribution in [-0.4, -0.2) is 49.9 Å². The molecule has 0 bridgehead atoms. The molecule has 0 N–H and O–H groups in total. The Bertz CT molecular complexity index is 1070. The van der Waals surface area contributed by atoms with Gasteiger partial charge in [0.25, 0.3) is 0 Å². The molecule has 1 aliphatic heterocycles. The third-order valence-electron chi connectivity index (χ3n) is 6.30. The Morgan fingerprint density at radius 3 is 2.70 bits per heavy atom. The zero-order chi connectivity index (χ0) is 20.8. The van der Waals surface area contributed by atoms with Crippen LogP contribution in [0.4, 0.5) is 11.6 Å². The molecule has 4 heterocycles. The highest BCUT2D eigenvalue weighted by molar-refractivity contribution is 5.70. The largest absolute Gasteiger partial charge is 0.363 e. The molecular formula is C22H28N8. The molecule has 156 valence electrons. The first-order valence-corrected chi connectivity index (χ1v) is 10.8. The van der Waals surface area contributed by atoms with E-state index < -0.39 is 0 Å². The van der Waals surface area contributed by atoms with Crippen LogP contribution in [0.25, 0.3) is 17.1 Å². The van der Waals surface area contributed by atoms with E-state index in [1.165, 1.54) is 25.7 Å². The van der Waals surface area contributed by atoms with Crippen molar-refractivity contribution >= 4 is 11.6 Å². The second-order valence-electron chi connectivity index (χ2n) is 8.43. The van der Waals surface area contributed by atoms with Crippen molar-refractivity contribution in [1.82, 2.24) is 29.7 Å². The Morgan fingerprint density at radius 1 is 1.17 bits per heavy atom. The molecule has 3 aromatic heterocycles. The van der Waals surface area contributed by atoms with E-state index in [4.69, 9.17) is 9.97 Å². The summed E-state index contributed by atoms with van der Waals surface area (Å²) in [5.41, 5.74) is 2.93. The lowest BCUT2D eigenvalue weighted by Crippen LogP contribution is -2.42. The maximum absolute atomic E-state index is 5.14. The van der Waals surface area contributed by atoms with Gasteiger partial charge in [0.1, 0.15) is 17.8 Å². The standard InChI is InChI=1S/C22H28N8/c1-5-17-21-27-24-13-29(21)19-14(2)25-20(15-10-11-23-18(12-15)28(3)4)26-22(19)30(17)16-8-6-7-9-16/h10-13,16-17H,5-9H2,1-4H3/t17-/m1/s1. The van der Waals surface area contributed by atoms with Gasteiger partial charge in [0.05, 0.1) is 11.7 Å². The highest BCUT2D eigenvalue weighted by Crippen LogP contribution is 2.44. The fourth-order valence-corrected chi connectivity index (χ4v) is 4.85. The molecule has 1 atom stereocenters. The van der Waals surface area contributed by atoms with Gasteiger partial charge in [-0.2, -0.15) is 0 Å². The first-order chi connectivity index (χ1) is 14.6. The molecule has 1 aliphatic carbocycles. The summed E-state index contributed by atoms with van der Waals surface area (Å²) in [6.45, 7) is 4.28. The average molecular weight is 405 g/mol. The van der Waals surface area contributed by atoms with Crippen molar-refractivity contribution in [1.29, 1.82) is 0 Å². The molecule has 8 heteroatoms. The predicted octanol–water partition coefficient (Wildman–Crippen LogP) is 3.71. The highest BCUT2D eigenvalue weighted by Gasteiger charge is 2.39. The zero-order valence-electron chi connectivity index (χ0n) is 18.1. The summed E-state index contributed by atoms with van der Waals surface area (Å²) in [5, 5.41) is 8.72. The molecule has 0 saturated heterocycles. The fraction of sp³-hybridized carbons (Fsp3) is 0.500. The van der Waals surface area contributed by atoms with Crippen LogP contribution in [0.5, 0.6) is 0 Å². The second kappa shape index (κ2) is 7.34. The fourth-order valence-electron chi connectivity index (χ4n) is 4.85. The molecule has 30 heavy (non-hydrogen) atoms. The minimum atomic E-state index is 0.181. The van der Waals surface area contributed by atoms with Crippen LogP contribution in [0.15, 0.2) is 24.7 Å². The second-order valence-corrected chi connectivity index (χ2v) is 8.43. The van der Waals surface area contributed by atoms with Crippen LogP contribution in [-0.2, 0) is 0 Å². The van der Waals surface area contributed by atoms with Gasteiger partial charge in [-0.05, 0) is 38.3 Å². The first-order valence-electron chi connectivity index (χ1n) is 10.8. The van der Waals surface area contributed by atoms with Crippen LogP contribution < -0.4 is 9.80 Å². The van der Waals surface area contributed by atoms with E-state index in [9.17, 15) is 0 Å². The van der Waals surface area contributed by atoms with Crippen LogP contribution >= 0.6 is 0 Å². The molecule has 3 aromatic rings. The minimum Gasteiger partial charge on any atom is -0.363 e. The molecule has 5 rings (SSSR count).